The predicted octanol–water partition coefficient (Wildman–Crippen LogP) is 3.60. The number of aromatic nitrogens is 1. The van der Waals surface area contributed by atoms with Gasteiger partial charge >= 0.3 is 5.88 Å². The smallest absolute Gasteiger partial charge is 0.433 e. The van der Waals surface area contributed by atoms with Crippen molar-refractivity contribution in [2.45, 2.75) is 0 Å². The molecule has 0 aliphatic rings. The monoisotopic (exact) mass is 313 g/mol. The van der Waals surface area contributed by atoms with E-state index in [1.54, 1.807) is 31.5 Å². The Kier molecular flexibility index (Phi) is 3.88. The Bertz CT molecular complexity index is 852. The van der Waals surface area contributed by atoms with Gasteiger partial charge in [-0.25, -0.2) is 4.98 Å². The molecule has 3 rings (SSSR count). The molecule has 2 heterocycles. The van der Waals surface area contributed by atoms with E-state index in [0.29, 0.717) is 17.2 Å². The summed E-state index contributed by atoms with van der Waals surface area (Å²) < 4.78 is 15.6. The van der Waals surface area contributed by atoms with Gasteiger partial charge in [0.25, 0.3) is 0 Å². The van der Waals surface area contributed by atoms with Gasteiger partial charge in [0.15, 0.2) is 17.9 Å². The quantitative estimate of drug-likeness (QED) is 0.405. The van der Waals surface area contributed by atoms with Crippen LogP contribution in [0.4, 0.5) is 11.6 Å². The highest BCUT2D eigenvalue weighted by atomic mass is 16.6. The molecule has 2 aromatic heterocycles. The first kappa shape index (κ1) is 14.5. The minimum Gasteiger partial charge on any atom is -0.496 e. The van der Waals surface area contributed by atoms with E-state index >= 15 is 0 Å². The van der Waals surface area contributed by atoms with Crippen LogP contribution in [0.3, 0.4) is 0 Å². The van der Waals surface area contributed by atoms with E-state index < -0.39 is 4.92 Å². The molecular formula is C15H11N3O5. The summed E-state index contributed by atoms with van der Waals surface area (Å²) >= 11 is 0. The van der Waals surface area contributed by atoms with Crippen LogP contribution < -0.4 is 4.74 Å². The summed E-state index contributed by atoms with van der Waals surface area (Å²) in [6.45, 7) is 0. The molecule has 0 bridgehead atoms. The van der Waals surface area contributed by atoms with Gasteiger partial charge in [-0.2, -0.15) is 0 Å². The number of hydrogen-bond acceptors (Lipinski definition) is 7. The summed E-state index contributed by atoms with van der Waals surface area (Å²) in [5, 5.41) is 10.6. The molecule has 0 unspecified atom stereocenters. The number of nitrogens with zero attached hydrogens (tertiary/aromatic N) is 3. The predicted molar refractivity (Wildman–Crippen MR) is 81.1 cm³/mol. The third-order valence-electron chi connectivity index (χ3n) is 3.02. The summed E-state index contributed by atoms with van der Waals surface area (Å²) in [6.07, 6.45) is 4.32. The fourth-order valence-corrected chi connectivity index (χ4v) is 1.96. The molecule has 0 aliphatic heterocycles. The lowest BCUT2D eigenvalue weighted by Gasteiger charge is -2.06. The number of furan rings is 1. The lowest BCUT2D eigenvalue weighted by molar-refractivity contribution is -0.402. The van der Waals surface area contributed by atoms with Crippen LogP contribution in [0.1, 0.15) is 5.76 Å². The van der Waals surface area contributed by atoms with Gasteiger partial charge in [-0.05, 0) is 18.2 Å². The van der Waals surface area contributed by atoms with Crippen LogP contribution in [0.5, 0.6) is 5.75 Å². The van der Waals surface area contributed by atoms with Gasteiger partial charge in [0.05, 0.1) is 36.8 Å². The van der Waals surface area contributed by atoms with Crippen LogP contribution in [-0.4, -0.2) is 23.2 Å². The zero-order chi connectivity index (χ0) is 16.2. The fourth-order valence-electron chi connectivity index (χ4n) is 1.96. The van der Waals surface area contributed by atoms with Crippen molar-refractivity contribution >= 4 is 17.8 Å². The second kappa shape index (κ2) is 6.14. The zero-order valence-electron chi connectivity index (χ0n) is 12.0. The molecule has 3 aromatic rings. The number of rotatable bonds is 5. The highest BCUT2D eigenvalue weighted by molar-refractivity contribution is 5.80. The van der Waals surface area contributed by atoms with Crippen molar-refractivity contribution in [3.8, 4) is 17.1 Å². The molecule has 0 radical (unpaired) electrons. The average Bonchev–Trinajstić information content (AvgIpc) is 3.24. The van der Waals surface area contributed by atoms with E-state index in [1.807, 2.05) is 0 Å². The number of nitro groups is 1. The third-order valence-corrected chi connectivity index (χ3v) is 3.02. The molecule has 0 aliphatic carbocycles. The maximum absolute atomic E-state index is 10.6. The van der Waals surface area contributed by atoms with Gasteiger partial charge in [-0.3, -0.25) is 15.1 Å². The van der Waals surface area contributed by atoms with Crippen molar-refractivity contribution in [2.24, 2.45) is 4.99 Å². The van der Waals surface area contributed by atoms with Gasteiger partial charge in [0.1, 0.15) is 10.7 Å². The van der Waals surface area contributed by atoms with Crippen molar-refractivity contribution < 1.29 is 18.5 Å². The van der Waals surface area contributed by atoms with Crippen LogP contribution >= 0.6 is 0 Å². The van der Waals surface area contributed by atoms with Crippen LogP contribution in [0, 0.1) is 10.1 Å². The summed E-state index contributed by atoms with van der Waals surface area (Å²) in [4.78, 5) is 18.0. The van der Waals surface area contributed by atoms with E-state index in [2.05, 4.69) is 9.98 Å². The maximum atomic E-state index is 10.6. The Hall–Kier alpha value is -3.42. The molecule has 0 amide bonds. The van der Waals surface area contributed by atoms with Crippen LogP contribution in [0.15, 0.2) is 56.7 Å². The molecule has 0 atom stereocenters. The minimum atomic E-state index is -0.605. The lowest BCUT2D eigenvalue weighted by atomic mass is 10.1. The second-order valence-electron chi connectivity index (χ2n) is 4.44. The lowest BCUT2D eigenvalue weighted by Crippen LogP contribution is -1.87. The maximum Gasteiger partial charge on any atom is 0.433 e. The summed E-state index contributed by atoms with van der Waals surface area (Å²) in [5.74, 6) is 1.11. The molecular weight excluding hydrogens is 302 g/mol. The van der Waals surface area contributed by atoms with E-state index in [-0.39, 0.29) is 11.6 Å². The number of ether oxygens (including phenoxy) is 1. The van der Waals surface area contributed by atoms with Crippen molar-refractivity contribution in [1.82, 2.24) is 4.98 Å². The fraction of sp³-hybridized carbons (Fsp3) is 0.0667. The zero-order valence-corrected chi connectivity index (χ0v) is 12.0. The van der Waals surface area contributed by atoms with E-state index in [4.69, 9.17) is 13.6 Å². The Balaban J connectivity index is 1.85. The summed E-state index contributed by atoms with van der Waals surface area (Å²) in [5.41, 5.74) is 1.35. The highest BCUT2D eigenvalue weighted by Gasteiger charge is 2.11. The Morgan fingerprint density at radius 3 is 2.87 bits per heavy atom. The molecule has 1 aromatic carbocycles. The van der Waals surface area contributed by atoms with Crippen LogP contribution in [-0.2, 0) is 0 Å². The van der Waals surface area contributed by atoms with E-state index in [0.717, 1.165) is 5.56 Å². The number of benzene rings is 1. The first-order valence-electron chi connectivity index (χ1n) is 6.52. The Morgan fingerprint density at radius 2 is 2.22 bits per heavy atom. The van der Waals surface area contributed by atoms with Gasteiger partial charge in [-0.15, -0.1) is 0 Å². The SMILES string of the molecule is COc1cc(/N=C/c2ccc([N+](=O)[O-])o2)ccc1-c1cnco1. The first-order chi connectivity index (χ1) is 11.2. The average molecular weight is 313 g/mol. The normalized spacial score (nSPS) is 11.0. The topological polar surface area (TPSA) is 104 Å². The first-order valence-corrected chi connectivity index (χ1v) is 6.52. The molecule has 116 valence electrons. The van der Waals surface area contributed by atoms with Crippen molar-refractivity contribution in [3.05, 3.63) is 58.8 Å². The van der Waals surface area contributed by atoms with Crippen molar-refractivity contribution in [3.63, 3.8) is 0 Å². The second-order valence-corrected chi connectivity index (χ2v) is 4.44. The minimum absolute atomic E-state index is 0.287. The van der Waals surface area contributed by atoms with Gasteiger partial charge in [-0.1, -0.05) is 0 Å². The van der Waals surface area contributed by atoms with E-state index in [1.165, 1.54) is 24.7 Å². The number of methoxy groups -OCH3 is 1. The molecule has 0 spiro atoms. The summed E-state index contributed by atoms with van der Waals surface area (Å²) in [7, 11) is 1.54. The Labute approximate surface area is 130 Å². The van der Waals surface area contributed by atoms with Crippen LogP contribution in [0.25, 0.3) is 11.3 Å². The van der Waals surface area contributed by atoms with E-state index in [9.17, 15) is 10.1 Å². The molecule has 0 fully saturated rings. The number of hydrogen-bond donors (Lipinski definition) is 0. The number of oxazole rings is 1. The van der Waals surface area contributed by atoms with Crippen LogP contribution in [0.2, 0.25) is 0 Å². The van der Waals surface area contributed by atoms with Crippen molar-refractivity contribution in [2.75, 3.05) is 7.11 Å². The highest BCUT2D eigenvalue weighted by Crippen LogP contribution is 2.33. The molecule has 23 heavy (non-hydrogen) atoms. The summed E-state index contributed by atoms with van der Waals surface area (Å²) in [6, 6.07) is 8.01. The third kappa shape index (κ3) is 3.10. The van der Waals surface area contributed by atoms with Crippen molar-refractivity contribution in [1.29, 1.82) is 0 Å². The van der Waals surface area contributed by atoms with Gasteiger partial charge < -0.3 is 13.6 Å². The van der Waals surface area contributed by atoms with Gasteiger partial charge in [0.2, 0.25) is 0 Å². The molecule has 8 nitrogen and oxygen atoms in total. The largest absolute Gasteiger partial charge is 0.496 e. The molecule has 8 heteroatoms. The van der Waals surface area contributed by atoms with Gasteiger partial charge in [0, 0.05) is 6.07 Å². The molecule has 0 saturated heterocycles. The standard InChI is InChI=1S/C15H11N3O5/c1-21-13-6-10(2-4-12(13)14-8-16-9-22-14)17-7-11-3-5-15(23-11)18(19)20/h2-9H,1H3/b17-7+. The molecule has 0 saturated carbocycles. The number of aliphatic imine (C=N–C) groups is 1. The Morgan fingerprint density at radius 1 is 1.35 bits per heavy atom. The molecule has 0 N–H and O–H groups in total.